The van der Waals surface area contributed by atoms with E-state index >= 15 is 0 Å². The maximum atomic E-state index is 4.48. The number of aromatic nitrogens is 4. The van der Waals surface area contributed by atoms with Crippen molar-refractivity contribution in [3.05, 3.63) is 12.7 Å². The smallest absolute Gasteiger partial charge is 0.182 e. The highest BCUT2D eigenvalue weighted by molar-refractivity contribution is 5.82. The number of H-pyrrole nitrogens is 1. The minimum Gasteiger partial charge on any atom is -0.353 e. The number of aromatic amines is 1. The van der Waals surface area contributed by atoms with E-state index in [1.165, 1.54) is 32.4 Å². The Hall–Kier alpha value is -1.69. The van der Waals surface area contributed by atoms with Gasteiger partial charge in [0.1, 0.15) is 11.8 Å². The van der Waals surface area contributed by atoms with E-state index in [9.17, 15) is 0 Å². The fourth-order valence-corrected chi connectivity index (χ4v) is 3.39. The molecule has 0 saturated carbocycles. The van der Waals surface area contributed by atoms with Gasteiger partial charge < -0.3 is 9.88 Å². The lowest BCUT2D eigenvalue weighted by Gasteiger charge is -2.26. The van der Waals surface area contributed by atoms with Gasteiger partial charge in [-0.25, -0.2) is 15.0 Å². The Morgan fingerprint density at radius 3 is 3.05 bits per heavy atom. The van der Waals surface area contributed by atoms with E-state index in [4.69, 9.17) is 0 Å². The molecule has 0 aromatic carbocycles. The molecule has 19 heavy (non-hydrogen) atoms. The van der Waals surface area contributed by atoms with Gasteiger partial charge >= 0.3 is 0 Å². The summed E-state index contributed by atoms with van der Waals surface area (Å²) in [6.45, 7) is 4.63. The molecule has 2 aromatic heterocycles. The van der Waals surface area contributed by atoms with Crippen LogP contribution >= 0.6 is 0 Å². The largest absolute Gasteiger partial charge is 0.353 e. The topological polar surface area (TPSA) is 60.9 Å². The number of fused-ring (bicyclic) bond motifs is 2. The van der Waals surface area contributed by atoms with E-state index in [-0.39, 0.29) is 0 Å². The number of anilines is 1. The van der Waals surface area contributed by atoms with Gasteiger partial charge in [-0.2, -0.15) is 0 Å². The predicted octanol–water partition coefficient (Wildman–Crippen LogP) is 1.03. The van der Waals surface area contributed by atoms with Crippen molar-refractivity contribution in [2.24, 2.45) is 0 Å². The molecule has 100 valence electrons. The first-order chi connectivity index (χ1) is 9.42. The third-order valence-corrected chi connectivity index (χ3v) is 4.31. The number of nitrogens with zero attached hydrogens (tertiary/aromatic N) is 5. The normalized spacial score (nSPS) is 24.6. The zero-order valence-corrected chi connectivity index (χ0v) is 10.9. The van der Waals surface area contributed by atoms with Crippen molar-refractivity contribution in [3.8, 4) is 0 Å². The number of hydrogen-bond donors (Lipinski definition) is 1. The summed E-state index contributed by atoms with van der Waals surface area (Å²) in [6.07, 6.45) is 7.17. The van der Waals surface area contributed by atoms with Crippen molar-refractivity contribution in [2.75, 3.05) is 31.1 Å². The van der Waals surface area contributed by atoms with Crippen LogP contribution < -0.4 is 4.90 Å². The first-order valence-corrected chi connectivity index (χ1v) is 7.05. The van der Waals surface area contributed by atoms with Crippen LogP contribution in [0.2, 0.25) is 0 Å². The van der Waals surface area contributed by atoms with Crippen LogP contribution in [0.25, 0.3) is 11.2 Å². The zero-order chi connectivity index (χ0) is 12.7. The van der Waals surface area contributed by atoms with Crippen molar-refractivity contribution in [1.29, 1.82) is 0 Å². The average Bonchev–Trinajstić information content (AvgIpc) is 3.03. The lowest BCUT2D eigenvalue weighted by molar-refractivity contribution is 0.273. The second-order valence-electron chi connectivity index (χ2n) is 5.43. The minimum absolute atomic E-state index is 0.690. The molecule has 2 fully saturated rings. The third-order valence-electron chi connectivity index (χ3n) is 4.31. The molecule has 0 bridgehead atoms. The van der Waals surface area contributed by atoms with E-state index in [0.29, 0.717) is 6.04 Å². The van der Waals surface area contributed by atoms with E-state index in [1.807, 2.05) is 0 Å². The van der Waals surface area contributed by atoms with E-state index in [1.54, 1.807) is 12.7 Å². The molecular weight excluding hydrogens is 240 g/mol. The lowest BCUT2D eigenvalue weighted by atomic mass is 10.2. The highest BCUT2D eigenvalue weighted by atomic mass is 15.3. The highest BCUT2D eigenvalue weighted by Gasteiger charge is 2.29. The molecule has 0 aliphatic carbocycles. The van der Waals surface area contributed by atoms with Crippen LogP contribution in [-0.4, -0.2) is 57.1 Å². The van der Waals surface area contributed by atoms with Crippen LogP contribution in [0.5, 0.6) is 0 Å². The maximum Gasteiger partial charge on any atom is 0.182 e. The number of rotatable bonds is 1. The monoisotopic (exact) mass is 258 g/mol. The SMILES string of the molecule is c1nc(N2CCCN3CCCC3C2)c2[nH]cnc2n1. The molecule has 4 rings (SSSR count). The molecule has 0 radical (unpaired) electrons. The van der Waals surface area contributed by atoms with Gasteiger partial charge in [0.05, 0.1) is 6.33 Å². The Balaban J connectivity index is 1.69. The predicted molar refractivity (Wildman–Crippen MR) is 73.1 cm³/mol. The standard InChI is InChI=1S/C13H18N6/c1-3-10-7-19(6-2-5-18(10)4-1)13-11-12(15-8-14-11)16-9-17-13/h8-10H,1-7H2,(H,14,15,16,17). The summed E-state index contributed by atoms with van der Waals surface area (Å²) in [5, 5.41) is 0. The van der Waals surface area contributed by atoms with Gasteiger partial charge in [-0.3, -0.25) is 4.90 Å². The summed E-state index contributed by atoms with van der Waals surface area (Å²) in [5.74, 6) is 1.01. The van der Waals surface area contributed by atoms with Gasteiger partial charge in [-0.15, -0.1) is 0 Å². The third kappa shape index (κ3) is 1.87. The van der Waals surface area contributed by atoms with Crippen LogP contribution in [0, 0.1) is 0 Å². The minimum atomic E-state index is 0.690. The van der Waals surface area contributed by atoms with Gasteiger partial charge in [-0.1, -0.05) is 0 Å². The Morgan fingerprint density at radius 1 is 1.11 bits per heavy atom. The summed E-state index contributed by atoms with van der Waals surface area (Å²) in [7, 11) is 0. The fraction of sp³-hybridized carbons (Fsp3) is 0.615. The first kappa shape index (κ1) is 11.2. The summed E-state index contributed by atoms with van der Waals surface area (Å²) >= 11 is 0. The molecule has 6 nitrogen and oxygen atoms in total. The van der Waals surface area contributed by atoms with Crippen LogP contribution in [-0.2, 0) is 0 Å². The van der Waals surface area contributed by atoms with E-state index in [0.717, 1.165) is 30.1 Å². The molecule has 0 amide bonds. The molecule has 2 aliphatic heterocycles. The number of nitrogens with one attached hydrogen (secondary N) is 1. The Labute approximate surface area is 111 Å². The summed E-state index contributed by atoms with van der Waals surface area (Å²) < 4.78 is 0. The van der Waals surface area contributed by atoms with Crippen molar-refractivity contribution >= 4 is 17.0 Å². The number of imidazole rings is 1. The van der Waals surface area contributed by atoms with Crippen LogP contribution in [0.3, 0.4) is 0 Å². The van der Waals surface area contributed by atoms with Crippen LogP contribution in [0.4, 0.5) is 5.82 Å². The molecule has 0 spiro atoms. The molecule has 1 atom stereocenters. The quantitative estimate of drug-likeness (QED) is 0.827. The molecule has 4 heterocycles. The Bertz CT molecular complexity index is 579. The van der Waals surface area contributed by atoms with E-state index < -0.39 is 0 Å². The second-order valence-corrected chi connectivity index (χ2v) is 5.43. The molecule has 2 saturated heterocycles. The summed E-state index contributed by atoms with van der Waals surface area (Å²) in [4.78, 5) is 21.1. The second kappa shape index (κ2) is 4.45. The fourth-order valence-electron chi connectivity index (χ4n) is 3.39. The molecule has 1 N–H and O–H groups in total. The molecule has 1 unspecified atom stereocenters. The Morgan fingerprint density at radius 2 is 2.05 bits per heavy atom. The van der Waals surface area contributed by atoms with Gasteiger partial charge in [0, 0.05) is 25.7 Å². The molecule has 2 aliphatic rings. The van der Waals surface area contributed by atoms with Gasteiger partial charge in [0.15, 0.2) is 11.5 Å². The molecule has 2 aromatic rings. The first-order valence-electron chi connectivity index (χ1n) is 7.05. The van der Waals surface area contributed by atoms with Crippen molar-refractivity contribution < 1.29 is 0 Å². The highest BCUT2D eigenvalue weighted by Crippen LogP contribution is 2.26. The van der Waals surface area contributed by atoms with Crippen LogP contribution in [0.15, 0.2) is 12.7 Å². The van der Waals surface area contributed by atoms with Crippen molar-refractivity contribution in [2.45, 2.75) is 25.3 Å². The maximum absolute atomic E-state index is 4.48. The molecular formula is C13H18N6. The Kier molecular flexibility index (Phi) is 2.61. The van der Waals surface area contributed by atoms with Crippen LogP contribution in [0.1, 0.15) is 19.3 Å². The summed E-state index contributed by atoms with van der Waals surface area (Å²) in [5.41, 5.74) is 1.73. The van der Waals surface area contributed by atoms with Gasteiger partial charge in [0.2, 0.25) is 0 Å². The number of hydrogen-bond acceptors (Lipinski definition) is 5. The van der Waals surface area contributed by atoms with Crippen molar-refractivity contribution in [1.82, 2.24) is 24.8 Å². The molecule has 6 heteroatoms. The zero-order valence-electron chi connectivity index (χ0n) is 10.9. The van der Waals surface area contributed by atoms with Gasteiger partial charge in [-0.05, 0) is 25.8 Å². The lowest BCUT2D eigenvalue weighted by Crippen LogP contribution is -2.37. The van der Waals surface area contributed by atoms with E-state index in [2.05, 4.69) is 29.7 Å². The average molecular weight is 258 g/mol. The van der Waals surface area contributed by atoms with Gasteiger partial charge in [0.25, 0.3) is 0 Å². The summed E-state index contributed by atoms with van der Waals surface area (Å²) in [6, 6.07) is 0.690. The van der Waals surface area contributed by atoms with Crippen molar-refractivity contribution in [3.63, 3.8) is 0 Å².